The number of esters is 1. The number of likely N-dealkylation sites (tertiary alicyclic amines) is 1. The highest BCUT2D eigenvalue weighted by molar-refractivity contribution is 5.72. The van der Waals surface area contributed by atoms with Gasteiger partial charge in [-0.15, -0.1) is 0 Å². The van der Waals surface area contributed by atoms with Crippen molar-refractivity contribution in [3.63, 3.8) is 0 Å². The summed E-state index contributed by atoms with van der Waals surface area (Å²) in [7, 11) is 1.46. The first-order valence-electron chi connectivity index (χ1n) is 5.75. The maximum Gasteiger partial charge on any atom is 0.309 e. The fourth-order valence-electron chi connectivity index (χ4n) is 2.00. The summed E-state index contributed by atoms with van der Waals surface area (Å²) >= 11 is 0. The number of piperidine rings is 1. The van der Waals surface area contributed by atoms with Gasteiger partial charge in [-0.3, -0.25) is 4.79 Å². The number of methoxy groups -OCH3 is 1. The van der Waals surface area contributed by atoms with Crippen LogP contribution in [0.4, 0.5) is 0 Å². The molecule has 1 aliphatic heterocycles. The van der Waals surface area contributed by atoms with Crippen LogP contribution in [0.5, 0.6) is 0 Å². The van der Waals surface area contributed by atoms with Crippen LogP contribution in [0.3, 0.4) is 0 Å². The first-order chi connectivity index (χ1) is 6.94. The van der Waals surface area contributed by atoms with Gasteiger partial charge in [0, 0.05) is 6.54 Å². The summed E-state index contributed by atoms with van der Waals surface area (Å²) in [5, 5.41) is 0. The topological polar surface area (TPSA) is 29.5 Å². The van der Waals surface area contributed by atoms with Crippen LogP contribution in [0.25, 0.3) is 0 Å². The van der Waals surface area contributed by atoms with Gasteiger partial charge >= 0.3 is 5.97 Å². The van der Waals surface area contributed by atoms with Crippen LogP contribution in [0, 0.1) is 11.3 Å². The van der Waals surface area contributed by atoms with Crippen molar-refractivity contribution in [2.45, 2.75) is 33.6 Å². The Morgan fingerprint density at radius 1 is 1.40 bits per heavy atom. The van der Waals surface area contributed by atoms with Gasteiger partial charge in [0.05, 0.1) is 13.0 Å². The van der Waals surface area contributed by atoms with E-state index in [0.717, 1.165) is 19.6 Å². The Morgan fingerprint density at radius 3 is 2.40 bits per heavy atom. The van der Waals surface area contributed by atoms with Crippen molar-refractivity contribution >= 4 is 5.97 Å². The zero-order chi connectivity index (χ0) is 11.5. The molecular formula is C12H23NO2. The van der Waals surface area contributed by atoms with Crippen LogP contribution in [-0.4, -0.2) is 37.6 Å². The molecular weight excluding hydrogens is 190 g/mol. The zero-order valence-electron chi connectivity index (χ0n) is 10.4. The van der Waals surface area contributed by atoms with E-state index in [4.69, 9.17) is 4.74 Å². The van der Waals surface area contributed by atoms with Crippen LogP contribution < -0.4 is 0 Å². The maximum atomic E-state index is 11.3. The minimum absolute atomic E-state index is 0.00351. The summed E-state index contributed by atoms with van der Waals surface area (Å²) in [5.74, 6) is -0.101. The third-order valence-corrected chi connectivity index (χ3v) is 3.35. The van der Waals surface area contributed by atoms with E-state index in [2.05, 4.69) is 18.7 Å². The smallest absolute Gasteiger partial charge is 0.309 e. The van der Waals surface area contributed by atoms with Gasteiger partial charge in [0.25, 0.3) is 0 Å². The van der Waals surface area contributed by atoms with Gasteiger partial charge in [-0.2, -0.15) is 0 Å². The highest BCUT2D eigenvalue weighted by atomic mass is 16.5. The van der Waals surface area contributed by atoms with Crippen LogP contribution >= 0.6 is 0 Å². The molecule has 1 aliphatic rings. The van der Waals surface area contributed by atoms with Gasteiger partial charge in [-0.25, -0.2) is 0 Å². The molecule has 0 aromatic rings. The van der Waals surface area contributed by atoms with Gasteiger partial charge in [0.2, 0.25) is 0 Å². The second kappa shape index (κ2) is 4.97. The summed E-state index contributed by atoms with van der Waals surface area (Å²) in [5.41, 5.74) is 0.477. The van der Waals surface area contributed by atoms with E-state index < -0.39 is 0 Å². The standard InChI is InChI=1S/C12H23NO2/c1-10(11(14)15-4)9-13-7-5-12(2,3)6-8-13/h10H,5-9H2,1-4H3. The molecule has 0 bridgehead atoms. The largest absolute Gasteiger partial charge is 0.469 e. The van der Waals surface area contributed by atoms with E-state index in [1.54, 1.807) is 0 Å². The number of ether oxygens (including phenoxy) is 1. The lowest BCUT2D eigenvalue weighted by Crippen LogP contribution is -2.40. The number of rotatable bonds is 3. The lowest BCUT2D eigenvalue weighted by atomic mass is 9.82. The average molecular weight is 213 g/mol. The molecule has 88 valence electrons. The molecule has 3 nitrogen and oxygen atoms in total. The van der Waals surface area contributed by atoms with E-state index >= 15 is 0 Å². The molecule has 1 rings (SSSR count). The maximum absolute atomic E-state index is 11.3. The Labute approximate surface area is 92.8 Å². The molecule has 1 fully saturated rings. The van der Waals surface area contributed by atoms with E-state index in [9.17, 15) is 4.79 Å². The highest BCUT2D eigenvalue weighted by Gasteiger charge is 2.27. The molecule has 0 saturated carbocycles. The number of nitrogens with zero attached hydrogens (tertiary/aromatic N) is 1. The summed E-state index contributed by atoms with van der Waals surface area (Å²) in [4.78, 5) is 13.6. The van der Waals surface area contributed by atoms with Crippen LogP contribution in [0.1, 0.15) is 33.6 Å². The van der Waals surface area contributed by atoms with Crippen molar-refractivity contribution in [3.8, 4) is 0 Å². The quantitative estimate of drug-likeness (QED) is 0.671. The monoisotopic (exact) mass is 213 g/mol. The minimum atomic E-state index is -0.0974. The molecule has 0 aromatic heterocycles. The van der Waals surface area contributed by atoms with Gasteiger partial charge in [-0.05, 0) is 31.3 Å². The summed E-state index contributed by atoms with van der Waals surface area (Å²) < 4.78 is 4.73. The number of hydrogen-bond donors (Lipinski definition) is 0. The van der Waals surface area contributed by atoms with Crippen molar-refractivity contribution in [2.75, 3.05) is 26.7 Å². The molecule has 3 heteroatoms. The molecule has 1 atom stereocenters. The van der Waals surface area contributed by atoms with Crippen molar-refractivity contribution in [1.29, 1.82) is 0 Å². The third kappa shape index (κ3) is 3.82. The van der Waals surface area contributed by atoms with E-state index in [1.165, 1.54) is 20.0 Å². The zero-order valence-corrected chi connectivity index (χ0v) is 10.4. The molecule has 15 heavy (non-hydrogen) atoms. The summed E-state index contributed by atoms with van der Waals surface area (Å²) in [6, 6.07) is 0. The molecule has 1 unspecified atom stereocenters. The van der Waals surface area contributed by atoms with Gasteiger partial charge < -0.3 is 9.64 Å². The lowest BCUT2D eigenvalue weighted by Gasteiger charge is -2.37. The fraction of sp³-hybridized carbons (Fsp3) is 0.917. The Balaban J connectivity index is 2.32. The molecule has 0 amide bonds. The first kappa shape index (κ1) is 12.5. The number of carbonyl (C=O) groups is 1. The van der Waals surface area contributed by atoms with E-state index in [1.807, 2.05) is 6.92 Å². The van der Waals surface area contributed by atoms with Crippen LogP contribution in [0.2, 0.25) is 0 Å². The van der Waals surface area contributed by atoms with Crippen LogP contribution in [-0.2, 0) is 9.53 Å². The molecule has 0 aliphatic carbocycles. The Kier molecular flexibility index (Phi) is 4.14. The predicted molar refractivity (Wildman–Crippen MR) is 60.6 cm³/mol. The Hall–Kier alpha value is -0.570. The third-order valence-electron chi connectivity index (χ3n) is 3.35. The molecule has 0 N–H and O–H groups in total. The SMILES string of the molecule is COC(=O)C(C)CN1CCC(C)(C)CC1. The van der Waals surface area contributed by atoms with Crippen molar-refractivity contribution < 1.29 is 9.53 Å². The minimum Gasteiger partial charge on any atom is -0.469 e. The molecule has 1 heterocycles. The fourth-order valence-corrected chi connectivity index (χ4v) is 2.00. The molecule has 1 saturated heterocycles. The van der Waals surface area contributed by atoms with E-state index in [-0.39, 0.29) is 11.9 Å². The summed E-state index contributed by atoms with van der Waals surface area (Å²) in [6.07, 6.45) is 2.45. The van der Waals surface area contributed by atoms with Gasteiger partial charge in [0.15, 0.2) is 0 Å². The van der Waals surface area contributed by atoms with Crippen molar-refractivity contribution in [3.05, 3.63) is 0 Å². The van der Waals surface area contributed by atoms with Crippen molar-refractivity contribution in [1.82, 2.24) is 4.90 Å². The second-order valence-corrected chi connectivity index (χ2v) is 5.39. The molecule has 0 aromatic carbocycles. The summed E-state index contributed by atoms with van der Waals surface area (Å²) in [6.45, 7) is 9.61. The van der Waals surface area contributed by atoms with Crippen LogP contribution in [0.15, 0.2) is 0 Å². The normalized spacial score (nSPS) is 23.5. The Morgan fingerprint density at radius 2 is 1.93 bits per heavy atom. The van der Waals surface area contributed by atoms with Gasteiger partial charge in [-0.1, -0.05) is 20.8 Å². The number of carbonyl (C=O) groups excluding carboxylic acids is 1. The second-order valence-electron chi connectivity index (χ2n) is 5.39. The van der Waals surface area contributed by atoms with Crippen molar-refractivity contribution in [2.24, 2.45) is 11.3 Å². The Bertz CT molecular complexity index is 216. The van der Waals surface area contributed by atoms with Gasteiger partial charge in [0.1, 0.15) is 0 Å². The number of hydrogen-bond acceptors (Lipinski definition) is 3. The average Bonchev–Trinajstić information content (AvgIpc) is 2.20. The predicted octanol–water partition coefficient (Wildman–Crippen LogP) is 1.92. The lowest BCUT2D eigenvalue weighted by molar-refractivity contribution is -0.145. The van der Waals surface area contributed by atoms with E-state index in [0.29, 0.717) is 5.41 Å². The highest BCUT2D eigenvalue weighted by Crippen LogP contribution is 2.29. The molecule has 0 spiro atoms. The first-order valence-corrected chi connectivity index (χ1v) is 5.75. The molecule has 0 radical (unpaired) electrons.